The van der Waals surface area contributed by atoms with Crippen LogP contribution < -0.4 is 10.6 Å². The van der Waals surface area contributed by atoms with Crippen molar-refractivity contribution in [2.45, 2.75) is 26.9 Å². The van der Waals surface area contributed by atoms with E-state index in [1.807, 2.05) is 29.1 Å². The number of aryl methyl sites for hydroxylation is 1. The molecule has 3 aromatic heterocycles. The Morgan fingerprint density at radius 3 is 2.95 bits per heavy atom. The smallest absolute Gasteiger partial charge is 0.193 e. The second-order valence-corrected chi connectivity index (χ2v) is 6.57. The summed E-state index contributed by atoms with van der Waals surface area (Å²) >= 11 is 3.29. The number of hydrogen-bond donors (Lipinski definition) is 2. The number of fused-ring (bicyclic) bond motifs is 1. The van der Waals surface area contributed by atoms with Crippen LogP contribution in [0, 0.1) is 6.92 Å². The number of imidazole rings is 1. The van der Waals surface area contributed by atoms with Gasteiger partial charge in [0.05, 0.1) is 18.8 Å². The third-order valence-corrected chi connectivity index (χ3v) is 4.70. The molecule has 0 saturated carbocycles. The molecule has 22 heavy (non-hydrogen) atoms. The van der Waals surface area contributed by atoms with E-state index >= 15 is 0 Å². The Labute approximate surface area is 137 Å². The molecule has 0 fully saturated rings. The Kier molecular flexibility index (Phi) is 4.69. The van der Waals surface area contributed by atoms with E-state index in [4.69, 9.17) is 0 Å². The maximum absolute atomic E-state index is 4.58. The topological polar surface area (TPSA) is 66.6 Å². The highest BCUT2D eigenvalue weighted by molar-refractivity contribution is 7.15. The highest BCUT2D eigenvalue weighted by atomic mass is 32.1. The average molecular weight is 334 g/mol. The number of thiazole rings is 2. The molecule has 0 aliphatic rings. The fraction of sp³-hybridized carbons (Fsp3) is 0.357. The van der Waals surface area contributed by atoms with E-state index in [0.717, 1.165) is 33.9 Å². The summed E-state index contributed by atoms with van der Waals surface area (Å²) in [6, 6.07) is 0. The van der Waals surface area contributed by atoms with Crippen LogP contribution in [-0.4, -0.2) is 26.9 Å². The molecule has 0 saturated heterocycles. The van der Waals surface area contributed by atoms with Crippen LogP contribution in [0.2, 0.25) is 0 Å². The first-order valence-electron chi connectivity index (χ1n) is 7.09. The van der Waals surface area contributed by atoms with E-state index in [-0.39, 0.29) is 0 Å². The minimum Gasteiger partial charge on any atom is -0.357 e. The first-order chi connectivity index (χ1) is 10.7. The zero-order valence-corrected chi connectivity index (χ0v) is 14.2. The Bertz CT molecular complexity index is 741. The second-order valence-electron chi connectivity index (χ2n) is 4.76. The minimum atomic E-state index is 0.556. The van der Waals surface area contributed by atoms with E-state index in [2.05, 4.69) is 37.9 Å². The molecule has 0 aliphatic carbocycles. The van der Waals surface area contributed by atoms with E-state index in [1.165, 1.54) is 0 Å². The molecule has 3 heterocycles. The van der Waals surface area contributed by atoms with Gasteiger partial charge in [0.2, 0.25) is 0 Å². The summed E-state index contributed by atoms with van der Waals surface area (Å²) < 4.78 is 2.02. The van der Waals surface area contributed by atoms with Gasteiger partial charge in [0.1, 0.15) is 5.01 Å². The predicted molar refractivity (Wildman–Crippen MR) is 91.6 cm³/mol. The number of nitrogens with one attached hydrogen (secondary N) is 2. The van der Waals surface area contributed by atoms with Crippen molar-refractivity contribution in [3.8, 4) is 0 Å². The number of hydrogen-bond acceptors (Lipinski definition) is 5. The van der Waals surface area contributed by atoms with Crippen LogP contribution in [0.5, 0.6) is 0 Å². The largest absolute Gasteiger partial charge is 0.357 e. The summed E-state index contributed by atoms with van der Waals surface area (Å²) in [5, 5.41) is 11.7. The molecule has 116 valence electrons. The van der Waals surface area contributed by atoms with Gasteiger partial charge in [0.25, 0.3) is 0 Å². The van der Waals surface area contributed by atoms with E-state index in [9.17, 15) is 0 Å². The van der Waals surface area contributed by atoms with Crippen molar-refractivity contribution >= 4 is 33.6 Å². The number of aliphatic imine (C=N–C) groups is 1. The highest BCUT2D eigenvalue weighted by Crippen LogP contribution is 2.12. The molecule has 3 aromatic rings. The van der Waals surface area contributed by atoms with Crippen LogP contribution >= 0.6 is 22.7 Å². The summed E-state index contributed by atoms with van der Waals surface area (Å²) in [5.74, 6) is 0.784. The predicted octanol–water partition coefficient (Wildman–Crippen LogP) is 2.42. The summed E-state index contributed by atoms with van der Waals surface area (Å²) in [7, 11) is 0. The molecular weight excluding hydrogens is 316 g/mol. The van der Waals surface area contributed by atoms with Crippen molar-refractivity contribution in [1.82, 2.24) is 25.0 Å². The molecule has 8 heteroatoms. The third-order valence-electron chi connectivity index (χ3n) is 2.96. The van der Waals surface area contributed by atoms with Gasteiger partial charge in [0.15, 0.2) is 10.9 Å². The molecule has 0 aromatic carbocycles. The lowest BCUT2D eigenvalue weighted by molar-refractivity contribution is 0.807. The highest BCUT2D eigenvalue weighted by Gasteiger charge is 2.04. The van der Waals surface area contributed by atoms with Gasteiger partial charge in [-0.05, 0) is 13.8 Å². The monoisotopic (exact) mass is 334 g/mol. The van der Waals surface area contributed by atoms with Gasteiger partial charge in [0, 0.05) is 35.4 Å². The standard InChI is InChI=1S/C14H18N6S2/c1-3-15-13(17-7-12-18-10(2)9-22-12)16-6-11-8-20-4-5-21-14(20)19-11/h4-5,8-9H,3,6-7H2,1-2H3,(H2,15,16,17). The van der Waals surface area contributed by atoms with Crippen molar-refractivity contribution in [3.05, 3.63) is 39.5 Å². The van der Waals surface area contributed by atoms with Gasteiger partial charge in [-0.25, -0.2) is 15.0 Å². The van der Waals surface area contributed by atoms with Crippen LogP contribution in [0.1, 0.15) is 23.3 Å². The first-order valence-corrected chi connectivity index (χ1v) is 8.85. The lowest BCUT2D eigenvalue weighted by Crippen LogP contribution is -2.36. The number of rotatable bonds is 5. The normalized spacial score (nSPS) is 12.0. The molecule has 0 radical (unpaired) electrons. The van der Waals surface area contributed by atoms with Crippen LogP contribution in [-0.2, 0) is 13.1 Å². The molecule has 0 amide bonds. The van der Waals surface area contributed by atoms with Gasteiger partial charge < -0.3 is 10.6 Å². The van der Waals surface area contributed by atoms with Crippen molar-refractivity contribution in [2.75, 3.05) is 6.54 Å². The number of aromatic nitrogens is 3. The van der Waals surface area contributed by atoms with Crippen LogP contribution in [0.15, 0.2) is 28.1 Å². The fourth-order valence-corrected chi connectivity index (χ4v) is 3.43. The summed E-state index contributed by atoms with van der Waals surface area (Å²) in [5.41, 5.74) is 2.02. The fourth-order valence-electron chi connectivity index (χ4n) is 2.00. The maximum atomic E-state index is 4.58. The van der Waals surface area contributed by atoms with E-state index in [0.29, 0.717) is 13.1 Å². The van der Waals surface area contributed by atoms with Crippen LogP contribution in [0.25, 0.3) is 4.96 Å². The molecule has 3 rings (SSSR count). The number of guanidine groups is 1. The van der Waals surface area contributed by atoms with E-state index in [1.54, 1.807) is 22.7 Å². The molecule has 0 aliphatic heterocycles. The molecule has 2 N–H and O–H groups in total. The van der Waals surface area contributed by atoms with Crippen molar-refractivity contribution in [3.63, 3.8) is 0 Å². The van der Waals surface area contributed by atoms with Gasteiger partial charge in [-0.2, -0.15) is 0 Å². The summed E-state index contributed by atoms with van der Waals surface area (Å²) in [4.78, 5) is 14.6. The molecule has 0 unspecified atom stereocenters. The molecular formula is C14H18N6S2. The van der Waals surface area contributed by atoms with Crippen LogP contribution in [0.3, 0.4) is 0 Å². The van der Waals surface area contributed by atoms with Crippen LogP contribution in [0.4, 0.5) is 0 Å². The quantitative estimate of drug-likeness (QED) is 0.555. The lowest BCUT2D eigenvalue weighted by Gasteiger charge is -2.09. The molecule has 6 nitrogen and oxygen atoms in total. The SMILES string of the molecule is CCNC(=NCc1cn2ccsc2n1)NCc1nc(C)cs1. The molecule has 0 bridgehead atoms. The van der Waals surface area contributed by atoms with Crippen molar-refractivity contribution in [1.29, 1.82) is 0 Å². The molecule has 0 atom stereocenters. The lowest BCUT2D eigenvalue weighted by atomic mass is 10.5. The Morgan fingerprint density at radius 2 is 2.23 bits per heavy atom. The van der Waals surface area contributed by atoms with Crippen molar-refractivity contribution < 1.29 is 0 Å². The van der Waals surface area contributed by atoms with E-state index < -0.39 is 0 Å². The van der Waals surface area contributed by atoms with Gasteiger partial charge in [-0.1, -0.05) is 0 Å². The van der Waals surface area contributed by atoms with Gasteiger partial charge in [-0.15, -0.1) is 22.7 Å². The first kappa shape index (κ1) is 15.0. The Hall–Kier alpha value is -1.93. The number of nitrogens with zero attached hydrogens (tertiary/aromatic N) is 4. The third kappa shape index (κ3) is 3.63. The minimum absolute atomic E-state index is 0.556. The maximum Gasteiger partial charge on any atom is 0.193 e. The summed E-state index contributed by atoms with van der Waals surface area (Å²) in [6.45, 7) is 6.12. The van der Waals surface area contributed by atoms with Gasteiger partial charge >= 0.3 is 0 Å². The van der Waals surface area contributed by atoms with Crippen molar-refractivity contribution in [2.24, 2.45) is 4.99 Å². The van der Waals surface area contributed by atoms with Gasteiger partial charge in [-0.3, -0.25) is 4.40 Å². The zero-order chi connectivity index (χ0) is 15.4. The Balaban J connectivity index is 1.62. The average Bonchev–Trinajstić information content (AvgIpc) is 3.17. The Morgan fingerprint density at radius 1 is 1.32 bits per heavy atom. The zero-order valence-electron chi connectivity index (χ0n) is 12.5. The summed E-state index contributed by atoms with van der Waals surface area (Å²) in [6.07, 6.45) is 4.03. The second kappa shape index (κ2) is 6.89. The molecule has 0 spiro atoms.